The highest BCUT2D eigenvalue weighted by Gasteiger charge is 2.35. The summed E-state index contributed by atoms with van der Waals surface area (Å²) in [5, 5.41) is 14.3. The summed E-state index contributed by atoms with van der Waals surface area (Å²) < 4.78 is 0. The molecule has 0 spiro atoms. The van der Waals surface area contributed by atoms with E-state index < -0.39 is 5.92 Å². The van der Waals surface area contributed by atoms with Gasteiger partial charge in [0.15, 0.2) is 0 Å². The molecule has 2 N–H and O–H groups in total. The van der Waals surface area contributed by atoms with E-state index in [9.17, 15) is 14.7 Å². The Morgan fingerprint density at radius 2 is 1.82 bits per heavy atom. The molecule has 1 saturated heterocycles. The van der Waals surface area contributed by atoms with Crippen molar-refractivity contribution in [2.45, 2.75) is 5.92 Å². The smallest absolute Gasteiger partial charge is 0.241 e. The second kappa shape index (κ2) is 10.9. The fraction of sp³-hybridized carbons (Fsp3) is 0.276. The second-order valence-electron chi connectivity index (χ2n) is 9.72. The molecular weight excluding hydrogens is 502 g/mol. The molecule has 8 nitrogen and oxygen atoms in total. The zero-order valence-corrected chi connectivity index (χ0v) is 22.2. The summed E-state index contributed by atoms with van der Waals surface area (Å²) >= 11 is 6.14. The van der Waals surface area contributed by atoms with Gasteiger partial charge in [-0.1, -0.05) is 48.0 Å². The number of halogens is 1. The standard InChI is InChI=1S/C29H30ClN5O3/c1-33-12-14-35(15-13-33)18-26(37)34(2)24-11-9-21(17-25(24)36)31-28(19-6-4-3-5-7-19)27-22-10-8-20(30)16-23(22)32-29(27)38/h3-11,16-17,27,36H,12-15,18H2,1-2H3,(H,32,38). The number of hydrogen-bond acceptors (Lipinski definition) is 6. The van der Waals surface area contributed by atoms with Gasteiger partial charge in [0.05, 0.1) is 23.6 Å². The first kappa shape index (κ1) is 25.9. The van der Waals surface area contributed by atoms with Crippen LogP contribution in [0, 0.1) is 0 Å². The van der Waals surface area contributed by atoms with E-state index in [1.807, 2.05) is 36.4 Å². The summed E-state index contributed by atoms with van der Waals surface area (Å²) in [7, 11) is 3.74. The largest absolute Gasteiger partial charge is 0.506 e. The number of hydrogen-bond donors (Lipinski definition) is 2. The van der Waals surface area contributed by atoms with Crippen LogP contribution < -0.4 is 10.2 Å². The monoisotopic (exact) mass is 531 g/mol. The zero-order chi connectivity index (χ0) is 26.8. The highest BCUT2D eigenvalue weighted by Crippen LogP contribution is 2.38. The van der Waals surface area contributed by atoms with Crippen molar-refractivity contribution in [2.24, 2.45) is 4.99 Å². The molecule has 0 radical (unpaired) electrons. The van der Waals surface area contributed by atoms with Gasteiger partial charge in [0.25, 0.3) is 0 Å². The number of nitrogens with one attached hydrogen (secondary N) is 1. The first-order chi connectivity index (χ1) is 18.3. The number of likely N-dealkylation sites (N-methyl/N-ethyl adjacent to an activating group) is 2. The Labute approximate surface area is 227 Å². The highest BCUT2D eigenvalue weighted by atomic mass is 35.5. The second-order valence-corrected chi connectivity index (χ2v) is 10.2. The molecular formula is C29H30ClN5O3. The van der Waals surface area contributed by atoms with Crippen molar-refractivity contribution < 1.29 is 14.7 Å². The lowest BCUT2D eigenvalue weighted by Crippen LogP contribution is -2.48. The van der Waals surface area contributed by atoms with Crippen LogP contribution in [0.2, 0.25) is 5.02 Å². The number of nitrogens with zero attached hydrogens (tertiary/aromatic N) is 4. The molecule has 0 aromatic heterocycles. The summed E-state index contributed by atoms with van der Waals surface area (Å²) in [5.41, 5.74) is 3.67. The fourth-order valence-electron chi connectivity index (χ4n) is 4.85. The van der Waals surface area contributed by atoms with Crippen molar-refractivity contribution in [1.29, 1.82) is 0 Å². The molecule has 2 aliphatic rings. The number of rotatable bonds is 6. The lowest BCUT2D eigenvalue weighted by molar-refractivity contribution is -0.120. The van der Waals surface area contributed by atoms with Crippen molar-refractivity contribution >= 4 is 46.2 Å². The third-order valence-electron chi connectivity index (χ3n) is 7.09. The molecule has 196 valence electrons. The maximum atomic E-state index is 13.1. The minimum absolute atomic E-state index is 0.0593. The quantitative estimate of drug-likeness (QED) is 0.467. The van der Waals surface area contributed by atoms with Crippen LogP contribution in [0.3, 0.4) is 0 Å². The van der Waals surface area contributed by atoms with E-state index in [0.717, 1.165) is 37.3 Å². The van der Waals surface area contributed by atoms with Gasteiger partial charge in [0.1, 0.15) is 11.7 Å². The van der Waals surface area contributed by atoms with Gasteiger partial charge in [-0.25, -0.2) is 0 Å². The number of amides is 2. The molecule has 1 fully saturated rings. The fourth-order valence-corrected chi connectivity index (χ4v) is 5.02. The van der Waals surface area contributed by atoms with E-state index in [4.69, 9.17) is 16.6 Å². The van der Waals surface area contributed by atoms with E-state index in [-0.39, 0.29) is 17.6 Å². The molecule has 5 rings (SSSR count). The molecule has 0 saturated carbocycles. The van der Waals surface area contributed by atoms with Crippen molar-refractivity contribution in [3.63, 3.8) is 0 Å². The van der Waals surface area contributed by atoms with Gasteiger partial charge >= 0.3 is 0 Å². The molecule has 3 aromatic carbocycles. The molecule has 2 aliphatic heterocycles. The summed E-state index contributed by atoms with van der Waals surface area (Å²) in [4.78, 5) is 36.7. The third-order valence-corrected chi connectivity index (χ3v) is 7.32. The number of anilines is 2. The first-order valence-electron chi connectivity index (χ1n) is 12.5. The number of phenolic OH excluding ortho intramolecular Hbond substituents is 1. The minimum Gasteiger partial charge on any atom is -0.506 e. The Balaban J connectivity index is 1.43. The first-order valence-corrected chi connectivity index (χ1v) is 12.9. The van der Waals surface area contributed by atoms with Crippen LogP contribution in [0.5, 0.6) is 5.75 Å². The number of benzene rings is 3. The van der Waals surface area contributed by atoms with Crippen molar-refractivity contribution in [3.8, 4) is 5.75 Å². The molecule has 38 heavy (non-hydrogen) atoms. The van der Waals surface area contributed by atoms with E-state index >= 15 is 0 Å². The predicted molar refractivity (Wildman–Crippen MR) is 151 cm³/mol. The van der Waals surface area contributed by atoms with Crippen LogP contribution in [0.1, 0.15) is 17.0 Å². The third kappa shape index (κ3) is 5.43. The van der Waals surface area contributed by atoms with Gasteiger partial charge in [-0.3, -0.25) is 19.5 Å². The van der Waals surface area contributed by atoms with Gasteiger partial charge in [0, 0.05) is 50.0 Å². The Morgan fingerprint density at radius 3 is 2.53 bits per heavy atom. The Hall–Kier alpha value is -3.72. The van der Waals surface area contributed by atoms with Crippen LogP contribution in [0.15, 0.2) is 71.7 Å². The molecule has 0 bridgehead atoms. The van der Waals surface area contributed by atoms with Crippen LogP contribution in [-0.2, 0) is 9.59 Å². The molecule has 2 amide bonds. The van der Waals surface area contributed by atoms with E-state index in [2.05, 4.69) is 22.2 Å². The number of carbonyl (C=O) groups is 2. The predicted octanol–water partition coefficient (Wildman–Crippen LogP) is 4.11. The lowest BCUT2D eigenvalue weighted by atomic mass is 9.90. The van der Waals surface area contributed by atoms with Crippen LogP contribution in [0.25, 0.3) is 0 Å². The summed E-state index contributed by atoms with van der Waals surface area (Å²) in [6.45, 7) is 3.82. The van der Waals surface area contributed by atoms with E-state index in [1.165, 1.54) is 11.0 Å². The Kier molecular flexibility index (Phi) is 7.46. The van der Waals surface area contributed by atoms with Gasteiger partial charge in [-0.05, 0) is 42.4 Å². The molecule has 9 heteroatoms. The van der Waals surface area contributed by atoms with Crippen LogP contribution in [-0.4, -0.2) is 79.3 Å². The average Bonchev–Trinajstić information content (AvgIpc) is 3.23. The van der Waals surface area contributed by atoms with Crippen molar-refractivity contribution in [1.82, 2.24) is 9.80 Å². The summed E-state index contributed by atoms with van der Waals surface area (Å²) in [6, 6.07) is 19.8. The van der Waals surface area contributed by atoms with Crippen molar-refractivity contribution in [2.75, 3.05) is 57.0 Å². The number of phenols is 1. The average molecular weight is 532 g/mol. The number of aliphatic imine (C=N–C) groups is 1. The molecule has 1 unspecified atom stereocenters. The zero-order valence-electron chi connectivity index (χ0n) is 21.4. The van der Waals surface area contributed by atoms with Gasteiger partial charge in [-0.2, -0.15) is 0 Å². The van der Waals surface area contributed by atoms with Gasteiger partial charge in [-0.15, -0.1) is 0 Å². The normalized spacial score (nSPS) is 18.2. The SMILES string of the molecule is CN1CCN(CC(=O)N(C)c2ccc(N=C(c3ccccc3)C3C(=O)Nc4cc(Cl)ccc43)cc2O)CC1. The van der Waals surface area contributed by atoms with E-state index in [1.54, 1.807) is 31.3 Å². The Bertz CT molecular complexity index is 1390. The Morgan fingerprint density at radius 1 is 1.08 bits per heavy atom. The number of fused-ring (bicyclic) bond motifs is 1. The van der Waals surface area contributed by atoms with Gasteiger partial charge in [0.2, 0.25) is 11.8 Å². The lowest BCUT2D eigenvalue weighted by Gasteiger charge is -2.32. The molecule has 1 atom stereocenters. The number of aromatic hydroxyl groups is 1. The molecule has 2 heterocycles. The summed E-state index contributed by atoms with van der Waals surface area (Å²) in [5.74, 6) is -0.987. The minimum atomic E-state index is -0.640. The van der Waals surface area contributed by atoms with E-state index in [0.29, 0.717) is 34.3 Å². The van der Waals surface area contributed by atoms with Crippen LogP contribution in [0.4, 0.5) is 17.1 Å². The number of carbonyl (C=O) groups excluding carboxylic acids is 2. The molecule has 0 aliphatic carbocycles. The van der Waals surface area contributed by atoms with Crippen LogP contribution >= 0.6 is 11.6 Å². The summed E-state index contributed by atoms with van der Waals surface area (Å²) in [6.07, 6.45) is 0. The number of piperazine rings is 1. The topological polar surface area (TPSA) is 88.5 Å². The highest BCUT2D eigenvalue weighted by molar-refractivity contribution is 6.31. The van der Waals surface area contributed by atoms with Gasteiger partial charge < -0.3 is 20.2 Å². The maximum absolute atomic E-state index is 13.1. The molecule has 3 aromatic rings. The van der Waals surface area contributed by atoms with Crippen molar-refractivity contribution in [3.05, 3.63) is 82.9 Å². The maximum Gasteiger partial charge on any atom is 0.241 e.